The normalized spacial score (nSPS) is 11.1. The van der Waals surface area contributed by atoms with Crippen LogP contribution < -0.4 is 10.2 Å². The van der Waals surface area contributed by atoms with Gasteiger partial charge < -0.3 is 10.2 Å². The second-order valence-electron chi connectivity index (χ2n) is 4.51. The monoisotopic (exact) mass is 289 g/mol. The van der Waals surface area contributed by atoms with Crippen LogP contribution in [0.2, 0.25) is 5.28 Å². The van der Waals surface area contributed by atoms with E-state index in [1.165, 1.54) is 0 Å². The third-order valence-corrected chi connectivity index (χ3v) is 2.87. The van der Waals surface area contributed by atoms with Crippen molar-refractivity contribution in [2.45, 2.75) is 39.8 Å². The van der Waals surface area contributed by atoms with E-state index < -0.39 is 0 Å². The summed E-state index contributed by atoms with van der Waals surface area (Å²) in [5.41, 5.74) is 0. The van der Waals surface area contributed by atoms with Crippen LogP contribution in [-0.2, 0) is 0 Å². The first-order valence-corrected chi connectivity index (χ1v) is 7.65. The number of halogens is 1. The van der Waals surface area contributed by atoms with Crippen LogP contribution in [0.5, 0.6) is 0 Å². The minimum atomic E-state index is 0.218. The molecule has 102 valence electrons. The maximum atomic E-state index is 5.95. The highest BCUT2D eigenvalue weighted by Crippen LogP contribution is 2.18. The topological polar surface area (TPSA) is 53.9 Å². The Morgan fingerprint density at radius 1 is 1.22 bits per heavy atom. The van der Waals surface area contributed by atoms with Crippen LogP contribution >= 0.6 is 23.4 Å². The van der Waals surface area contributed by atoms with Gasteiger partial charge in [-0.1, -0.05) is 0 Å². The van der Waals surface area contributed by atoms with Crippen LogP contribution in [0.4, 0.5) is 11.9 Å². The van der Waals surface area contributed by atoms with Gasteiger partial charge in [0.25, 0.3) is 0 Å². The number of hydrogen-bond acceptors (Lipinski definition) is 6. The first-order chi connectivity index (χ1) is 8.43. The molecule has 0 radical (unpaired) electrons. The molecule has 0 aromatic carbocycles. The Morgan fingerprint density at radius 2 is 1.89 bits per heavy atom. The molecule has 5 nitrogen and oxygen atoms in total. The molecule has 0 saturated carbocycles. The second kappa shape index (κ2) is 6.99. The van der Waals surface area contributed by atoms with E-state index in [2.05, 4.69) is 39.0 Å². The second-order valence-corrected chi connectivity index (χ2v) is 5.68. The molecule has 7 heteroatoms. The van der Waals surface area contributed by atoms with Crippen molar-refractivity contribution in [1.82, 2.24) is 15.0 Å². The molecule has 0 unspecified atom stereocenters. The lowest BCUT2D eigenvalue weighted by molar-refractivity contribution is 0.713. The fourth-order valence-electron chi connectivity index (χ4n) is 1.37. The SMILES string of the molecule is CSCN(c1nc(Cl)nc(NC(C)C)n1)C(C)C. The summed E-state index contributed by atoms with van der Waals surface area (Å²) < 4.78 is 0. The van der Waals surface area contributed by atoms with Gasteiger partial charge in [-0.15, -0.1) is 11.8 Å². The Balaban J connectivity index is 3.02. The van der Waals surface area contributed by atoms with E-state index in [9.17, 15) is 0 Å². The van der Waals surface area contributed by atoms with E-state index >= 15 is 0 Å². The summed E-state index contributed by atoms with van der Waals surface area (Å²) in [5.74, 6) is 1.95. The molecule has 0 saturated heterocycles. The Morgan fingerprint density at radius 3 is 2.39 bits per heavy atom. The predicted molar refractivity (Wildman–Crippen MR) is 79.6 cm³/mol. The molecule has 0 aliphatic rings. The number of thioether (sulfide) groups is 1. The Bertz CT molecular complexity index is 386. The molecule has 1 N–H and O–H groups in total. The average Bonchev–Trinajstić information content (AvgIpc) is 2.23. The molecule has 1 rings (SSSR count). The fraction of sp³-hybridized carbons (Fsp3) is 0.727. The fourth-order valence-corrected chi connectivity index (χ4v) is 2.22. The molecule has 0 aliphatic carbocycles. The number of aromatic nitrogens is 3. The van der Waals surface area contributed by atoms with Crippen molar-refractivity contribution in [3.8, 4) is 0 Å². The van der Waals surface area contributed by atoms with Crippen molar-refractivity contribution in [1.29, 1.82) is 0 Å². The van der Waals surface area contributed by atoms with Gasteiger partial charge >= 0.3 is 0 Å². The van der Waals surface area contributed by atoms with Gasteiger partial charge in [0.05, 0.1) is 5.88 Å². The number of nitrogens with one attached hydrogen (secondary N) is 1. The summed E-state index contributed by atoms with van der Waals surface area (Å²) in [6.45, 7) is 8.26. The van der Waals surface area contributed by atoms with Gasteiger partial charge in [-0.2, -0.15) is 15.0 Å². The number of anilines is 2. The van der Waals surface area contributed by atoms with Gasteiger partial charge in [0.2, 0.25) is 17.2 Å². The highest BCUT2D eigenvalue weighted by atomic mass is 35.5. The van der Waals surface area contributed by atoms with Crippen LogP contribution in [0.3, 0.4) is 0 Å². The lowest BCUT2D eigenvalue weighted by atomic mass is 10.4. The van der Waals surface area contributed by atoms with Gasteiger partial charge in [0, 0.05) is 12.1 Å². The van der Waals surface area contributed by atoms with Crippen LogP contribution in [0.25, 0.3) is 0 Å². The number of hydrogen-bond donors (Lipinski definition) is 1. The molecule has 1 aromatic heterocycles. The Labute approximate surface area is 118 Å². The van der Waals surface area contributed by atoms with Crippen LogP contribution in [-0.4, -0.2) is 39.2 Å². The lowest BCUT2D eigenvalue weighted by Gasteiger charge is -2.26. The summed E-state index contributed by atoms with van der Waals surface area (Å²) in [6.07, 6.45) is 2.05. The lowest BCUT2D eigenvalue weighted by Crippen LogP contribution is -2.32. The summed E-state index contributed by atoms with van der Waals surface area (Å²) >= 11 is 7.67. The molecule has 0 fully saturated rings. The van der Waals surface area contributed by atoms with Crippen molar-refractivity contribution in [2.24, 2.45) is 0 Å². The van der Waals surface area contributed by atoms with Gasteiger partial charge in [-0.3, -0.25) is 0 Å². The first kappa shape index (κ1) is 15.3. The summed E-state index contributed by atoms with van der Waals surface area (Å²) in [6, 6.07) is 0.562. The van der Waals surface area contributed by atoms with E-state index in [0.29, 0.717) is 17.9 Å². The summed E-state index contributed by atoms with van der Waals surface area (Å²) in [4.78, 5) is 14.8. The molecule has 1 heterocycles. The van der Waals surface area contributed by atoms with E-state index in [1.54, 1.807) is 11.8 Å². The zero-order chi connectivity index (χ0) is 13.7. The molecule has 0 amide bonds. The molecule has 0 atom stereocenters. The number of rotatable bonds is 6. The van der Waals surface area contributed by atoms with Crippen molar-refractivity contribution in [3.05, 3.63) is 5.28 Å². The van der Waals surface area contributed by atoms with Gasteiger partial charge in [0.1, 0.15) is 0 Å². The van der Waals surface area contributed by atoms with Gasteiger partial charge in [0.15, 0.2) is 0 Å². The zero-order valence-corrected chi connectivity index (χ0v) is 13.0. The molecule has 0 aliphatic heterocycles. The Kier molecular flexibility index (Phi) is 5.95. The molecule has 1 aromatic rings. The smallest absolute Gasteiger partial charge is 0.232 e. The largest absolute Gasteiger partial charge is 0.352 e. The van der Waals surface area contributed by atoms with Crippen molar-refractivity contribution in [2.75, 3.05) is 22.3 Å². The van der Waals surface area contributed by atoms with Crippen LogP contribution in [0, 0.1) is 0 Å². The summed E-state index contributed by atoms with van der Waals surface area (Å²) in [5, 5.41) is 3.36. The van der Waals surface area contributed by atoms with Crippen molar-refractivity contribution >= 4 is 35.3 Å². The van der Waals surface area contributed by atoms with E-state index in [0.717, 1.165) is 5.88 Å². The van der Waals surface area contributed by atoms with Gasteiger partial charge in [-0.25, -0.2) is 0 Å². The maximum absolute atomic E-state index is 5.95. The quantitative estimate of drug-likeness (QED) is 0.813. The highest BCUT2D eigenvalue weighted by Gasteiger charge is 2.15. The van der Waals surface area contributed by atoms with E-state index in [4.69, 9.17) is 11.6 Å². The van der Waals surface area contributed by atoms with E-state index in [1.807, 2.05) is 20.1 Å². The molecule has 0 bridgehead atoms. The molecule has 0 spiro atoms. The molecular weight excluding hydrogens is 270 g/mol. The minimum Gasteiger partial charge on any atom is -0.352 e. The summed E-state index contributed by atoms with van der Waals surface area (Å²) in [7, 11) is 0. The standard InChI is InChI=1S/C11H20ClN5S/c1-7(2)13-10-14-9(12)15-11(16-10)17(6-18-5)8(3)4/h7-8H,6H2,1-5H3,(H,13,14,15,16). The third-order valence-electron chi connectivity index (χ3n) is 2.16. The van der Waals surface area contributed by atoms with Crippen LogP contribution in [0.15, 0.2) is 0 Å². The third kappa shape index (κ3) is 4.49. The Hall–Kier alpha value is -0.750. The molecule has 18 heavy (non-hydrogen) atoms. The maximum Gasteiger partial charge on any atom is 0.232 e. The van der Waals surface area contributed by atoms with Crippen molar-refractivity contribution < 1.29 is 0 Å². The molecular formula is C11H20ClN5S. The minimum absolute atomic E-state index is 0.218. The average molecular weight is 290 g/mol. The number of nitrogens with zero attached hydrogens (tertiary/aromatic N) is 4. The zero-order valence-electron chi connectivity index (χ0n) is 11.4. The van der Waals surface area contributed by atoms with Crippen molar-refractivity contribution in [3.63, 3.8) is 0 Å². The predicted octanol–water partition coefficient (Wildman–Crippen LogP) is 2.88. The van der Waals surface area contributed by atoms with Crippen LogP contribution in [0.1, 0.15) is 27.7 Å². The highest BCUT2D eigenvalue weighted by molar-refractivity contribution is 7.98. The van der Waals surface area contributed by atoms with Gasteiger partial charge in [-0.05, 0) is 45.6 Å². The van der Waals surface area contributed by atoms with E-state index in [-0.39, 0.29) is 11.3 Å². The first-order valence-electron chi connectivity index (χ1n) is 5.87.